The zero-order valence-electron chi connectivity index (χ0n) is 11.9. The van der Waals surface area contributed by atoms with E-state index < -0.39 is 11.7 Å². The maximum atomic E-state index is 13.5. The second-order valence-corrected chi connectivity index (χ2v) is 4.72. The Labute approximate surface area is 122 Å². The Balaban J connectivity index is 2.48. The summed E-state index contributed by atoms with van der Waals surface area (Å²) in [6.07, 6.45) is 0. The third-order valence-corrected chi connectivity index (χ3v) is 3.33. The molecule has 2 aromatic carbocycles. The highest BCUT2D eigenvalue weighted by Crippen LogP contribution is 2.27. The van der Waals surface area contributed by atoms with Crippen molar-refractivity contribution in [3.05, 3.63) is 53.3 Å². The Bertz CT molecular complexity index is 686. The molecule has 0 aromatic heterocycles. The predicted octanol–water partition coefficient (Wildman–Crippen LogP) is 3.09. The maximum Gasteiger partial charge on any atom is 0.260 e. The van der Waals surface area contributed by atoms with E-state index in [1.165, 1.54) is 29.2 Å². The summed E-state index contributed by atoms with van der Waals surface area (Å²) >= 11 is 0. The van der Waals surface area contributed by atoms with Gasteiger partial charge in [-0.2, -0.15) is 0 Å². The molecule has 0 saturated heterocycles. The molecule has 4 nitrogen and oxygen atoms in total. The molecule has 2 aromatic rings. The number of phenolic OH excluding ortho intramolecular Hbond substituents is 1. The second-order valence-electron chi connectivity index (χ2n) is 4.72. The van der Waals surface area contributed by atoms with Crippen LogP contribution in [0.3, 0.4) is 0 Å². The number of hydrogen-bond donors (Lipinski definition) is 2. The third kappa shape index (κ3) is 2.81. The van der Waals surface area contributed by atoms with Gasteiger partial charge in [-0.05, 0) is 37.6 Å². The standard InChI is InChI=1S/C16H17FN2O2/c1-3-19(14-9-11(20)8-7-10(14)2)16(21)12-5-4-6-13(17)15(12)18/h4-9,20H,3,18H2,1-2H3. The minimum atomic E-state index is -0.621. The Morgan fingerprint density at radius 2 is 2.05 bits per heavy atom. The van der Waals surface area contributed by atoms with Crippen LogP contribution in [-0.4, -0.2) is 17.6 Å². The summed E-state index contributed by atoms with van der Waals surface area (Å²) in [6, 6.07) is 8.92. The fourth-order valence-electron chi connectivity index (χ4n) is 2.18. The van der Waals surface area contributed by atoms with Crippen molar-refractivity contribution in [1.29, 1.82) is 0 Å². The molecule has 2 rings (SSSR count). The number of aryl methyl sites for hydroxylation is 1. The first-order valence-corrected chi connectivity index (χ1v) is 6.61. The van der Waals surface area contributed by atoms with E-state index in [4.69, 9.17) is 5.73 Å². The van der Waals surface area contributed by atoms with Gasteiger partial charge in [-0.15, -0.1) is 0 Å². The van der Waals surface area contributed by atoms with Crippen molar-refractivity contribution < 1.29 is 14.3 Å². The molecule has 1 amide bonds. The van der Waals surface area contributed by atoms with E-state index in [1.807, 2.05) is 6.92 Å². The van der Waals surface area contributed by atoms with Gasteiger partial charge in [0.1, 0.15) is 11.6 Å². The molecule has 5 heteroatoms. The Morgan fingerprint density at radius 1 is 1.33 bits per heavy atom. The number of carbonyl (C=O) groups is 1. The lowest BCUT2D eigenvalue weighted by molar-refractivity contribution is 0.0988. The summed E-state index contributed by atoms with van der Waals surface area (Å²) in [7, 11) is 0. The average molecular weight is 288 g/mol. The summed E-state index contributed by atoms with van der Waals surface area (Å²) in [5, 5.41) is 9.61. The van der Waals surface area contributed by atoms with E-state index >= 15 is 0 Å². The number of rotatable bonds is 3. The van der Waals surface area contributed by atoms with Gasteiger partial charge in [0.15, 0.2) is 0 Å². The lowest BCUT2D eigenvalue weighted by Crippen LogP contribution is -2.32. The second kappa shape index (κ2) is 5.83. The lowest BCUT2D eigenvalue weighted by Gasteiger charge is -2.24. The van der Waals surface area contributed by atoms with Crippen LogP contribution in [0.15, 0.2) is 36.4 Å². The molecule has 0 aliphatic rings. The Morgan fingerprint density at radius 3 is 2.71 bits per heavy atom. The minimum Gasteiger partial charge on any atom is -0.508 e. The number of benzene rings is 2. The van der Waals surface area contributed by atoms with E-state index in [0.29, 0.717) is 12.2 Å². The molecule has 21 heavy (non-hydrogen) atoms. The van der Waals surface area contributed by atoms with Crippen molar-refractivity contribution in [2.75, 3.05) is 17.2 Å². The van der Waals surface area contributed by atoms with Gasteiger partial charge in [0, 0.05) is 12.6 Å². The number of phenols is 1. The zero-order valence-corrected chi connectivity index (χ0v) is 11.9. The summed E-state index contributed by atoms with van der Waals surface area (Å²) in [5.41, 5.74) is 7.00. The van der Waals surface area contributed by atoms with Crippen molar-refractivity contribution in [1.82, 2.24) is 0 Å². The molecular formula is C16H17FN2O2. The molecule has 110 valence electrons. The number of nitrogens with zero attached hydrogens (tertiary/aromatic N) is 1. The minimum absolute atomic E-state index is 0.0639. The van der Waals surface area contributed by atoms with Gasteiger partial charge in [0.25, 0.3) is 5.91 Å². The summed E-state index contributed by atoms with van der Waals surface area (Å²) in [6.45, 7) is 4.01. The van der Waals surface area contributed by atoms with Crippen molar-refractivity contribution in [2.45, 2.75) is 13.8 Å². The summed E-state index contributed by atoms with van der Waals surface area (Å²) in [4.78, 5) is 14.1. The topological polar surface area (TPSA) is 66.6 Å². The number of amides is 1. The number of carbonyl (C=O) groups excluding carboxylic acids is 1. The van der Waals surface area contributed by atoms with Gasteiger partial charge < -0.3 is 15.7 Å². The van der Waals surface area contributed by atoms with Crippen LogP contribution in [0, 0.1) is 12.7 Å². The van der Waals surface area contributed by atoms with Gasteiger partial charge in [-0.25, -0.2) is 4.39 Å². The number of hydrogen-bond acceptors (Lipinski definition) is 3. The quantitative estimate of drug-likeness (QED) is 0.853. The SMILES string of the molecule is CCN(C(=O)c1cccc(F)c1N)c1cc(O)ccc1C. The number of nitrogens with two attached hydrogens (primary N) is 1. The molecule has 0 aliphatic carbocycles. The van der Waals surface area contributed by atoms with Crippen LogP contribution in [0.2, 0.25) is 0 Å². The highest BCUT2D eigenvalue weighted by molar-refractivity contribution is 6.09. The fourth-order valence-corrected chi connectivity index (χ4v) is 2.18. The Hall–Kier alpha value is -2.56. The number of anilines is 2. The third-order valence-electron chi connectivity index (χ3n) is 3.33. The van der Waals surface area contributed by atoms with E-state index in [-0.39, 0.29) is 17.0 Å². The normalized spacial score (nSPS) is 10.4. The molecular weight excluding hydrogens is 271 g/mol. The Kier molecular flexibility index (Phi) is 4.12. The highest BCUT2D eigenvalue weighted by atomic mass is 19.1. The molecule has 0 heterocycles. The van der Waals surface area contributed by atoms with Crippen LogP contribution in [0.25, 0.3) is 0 Å². The van der Waals surface area contributed by atoms with Gasteiger partial charge in [0.05, 0.1) is 16.9 Å². The van der Waals surface area contributed by atoms with Crippen LogP contribution in [0.4, 0.5) is 15.8 Å². The predicted molar refractivity (Wildman–Crippen MR) is 81.0 cm³/mol. The number of aromatic hydroxyl groups is 1. The molecule has 0 bridgehead atoms. The van der Waals surface area contributed by atoms with Crippen molar-refractivity contribution >= 4 is 17.3 Å². The van der Waals surface area contributed by atoms with E-state index in [1.54, 1.807) is 19.1 Å². The first-order chi connectivity index (χ1) is 9.95. The van der Waals surface area contributed by atoms with Gasteiger partial charge >= 0.3 is 0 Å². The number of nitrogen functional groups attached to an aromatic ring is 1. The van der Waals surface area contributed by atoms with Gasteiger partial charge in [0.2, 0.25) is 0 Å². The molecule has 0 saturated carbocycles. The number of halogens is 1. The molecule has 0 unspecified atom stereocenters. The molecule has 0 atom stereocenters. The van der Waals surface area contributed by atoms with Crippen LogP contribution in [-0.2, 0) is 0 Å². The highest BCUT2D eigenvalue weighted by Gasteiger charge is 2.21. The van der Waals surface area contributed by atoms with Crippen molar-refractivity contribution in [2.24, 2.45) is 0 Å². The monoisotopic (exact) mass is 288 g/mol. The molecule has 0 aliphatic heterocycles. The van der Waals surface area contributed by atoms with Crippen LogP contribution < -0.4 is 10.6 Å². The fraction of sp³-hybridized carbons (Fsp3) is 0.188. The first kappa shape index (κ1) is 14.8. The number of para-hydroxylation sites is 1. The van der Waals surface area contributed by atoms with E-state index in [9.17, 15) is 14.3 Å². The molecule has 0 fully saturated rings. The molecule has 0 spiro atoms. The van der Waals surface area contributed by atoms with Crippen molar-refractivity contribution in [3.8, 4) is 5.75 Å². The molecule has 0 radical (unpaired) electrons. The van der Waals surface area contributed by atoms with Gasteiger partial charge in [-0.1, -0.05) is 12.1 Å². The zero-order chi connectivity index (χ0) is 15.6. The van der Waals surface area contributed by atoms with E-state index in [0.717, 1.165) is 5.56 Å². The average Bonchev–Trinajstić information content (AvgIpc) is 2.46. The smallest absolute Gasteiger partial charge is 0.260 e. The van der Waals surface area contributed by atoms with Crippen LogP contribution in [0.1, 0.15) is 22.8 Å². The first-order valence-electron chi connectivity index (χ1n) is 6.61. The van der Waals surface area contributed by atoms with Crippen molar-refractivity contribution in [3.63, 3.8) is 0 Å². The van der Waals surface area contributed by atoms with Gasteiger partial charge in [-0.3, -0.25) is 4.79 Å². The van der Waals surface area contributed by atoms with Crippen LogP contribution >= 0.6 is 0 Å². The summed E-state index contributed by atoms with van der Waals surface area (Å²) in [5.74, 6) is -0.957. The van der Waals surface area contributed by atoms with E-state index in [2.05, 4.69) is 0 Å². The van der Waals surface area contributed by atoms with Crippen LogP contribution in [0.5, 0.6) is 5.75 Å². The largest absolute Gasteiger partial charge is 0.508 e. The summed E-state index contributed by atoms with van der Waals surface area (Å²) < 4.78 is 13.5. The lowest BCUT2D eigenvalue weighted by atomic mass is 10.1. The maximum absolute atomic E-state index is 13.5. The molecule has 3 N–H and O–H groups in total.